The molecular formula is C14H7Cl5O2S2. The van der Waals surface area contributed by atoms with Crippen LogP contribution in [0.25, 0.3) is 0 Å². The number of methoxy groups -OCH3 is 1. The molecule has 23 heavy (non-hydrogen) atoms. The molecule has 0 aliphatic rings. The second-order valence-corrected chi connectivity index (χ2v) is 8.12. The fraction of sp³-hybridized carbons (Fsp3) is 0.0714. The maximum Gasteiger partial charge on any atom is 0.339 e. The van der Waals surface area contributed by atoms with Crippen molar-refractivity contribution in [3.8, 4) is 0 Å². The van der Waals surface area contributed by atoms with E-state index in [1.807, 2.05) is 0 Å². The fourth-order valence-electron chi connectivity index (χ4n) is 1.56. The van der Waals surface area contributed by atoms with Crippen molar-refractivity contribution in [1.82, 2.24) is 0 Å². The SMILES string of the molecule is COC(=O)c1ccccc1SSc1c(Cl)c(Cl)c(Cl)c(Cl)c1Cl. The summed E-state index contributed by atoms with van der Waals surface area (Å²) < 4.78 is 4.76. The molecule has 0 unspecified atom stereocenters. The number of hydrogen-bond acceptors (Lipinski definition) is 4. The van der Waals surface area contributed by atoms with Crippen molar-refractivity contribution >= 4 is 85.6 Å². The van der Waals surface area contributed by atoms with Gasteiger partial charge in [0.15, 0.2) is 0 Å². The Bertz CT molecular complexity index is 738. The zero-order chi connectivity index (χ0) is 17.1. The van der Waals surface area contributed by atoms with Crippen LogP contribution in [-0.2, 0) is 4.74 Å². The number of halogens is 5. The van der Waals surface area contributed by atoms with Crippen molar-refractivity contribution in [2.24, 2.45) is 0 Å². The molecule has 2 nitrogen and oxygen atoms in total. The minimum atomic E-state index is -0.432. The standard InChI is InChI=1S/C14H7Cl5O2S2/c1-21-14(20)6-4-2-3-5-7(6)22-23-13-11(18)9(16)8(15)10(17)12(13)19/h2-5H,1H3. The Morgan fingerprint density at radius 2 is 1.39 bits per heavy atom. The summed E-state index contributed by atoms with van der Waals surface area (Å²) in [4.78, 5) is 12.9. The highest BCUT2D eigenvalue weighted by Gasteiger charge is 2.21. The molecule has 2 aromatic carbocycles. The molecule has 0 fully saturated rings. The van der Waals surface area contributed by atoms with Gasteiger partial charge in [0.05, 0.1) is 42.7 Å². The van der Waals surface area contributed by atoms with Crippen LogP contribution in [0.2, 0.25) is 25.1 Å². The van der Waals surface area contributed by atoms with Gasteiger partial charge in [0.25, 0.3) is 0 Å². The normalized spacial score (nSPS) is 10.7. The number of carbonyl (C=O) groups excluding carboxylic acids is 1. The van der Waals surface area contributed by atoms with Gasteiger partial charge in [0.2, 0.25) is 0 Å². The number of hydrogen-bond donors (Lipinski definition) is 0. The first-order valence-corrected chi connectivity index (χ1v) is 9.95. The molecule has 0 radical (unpaired) electrons. The Labute approximate surface area is 166 Å². The summed E-state index contributed by atoms with van der Waals surface area (Å²) in [5, 5.41) is 0.782. The van der Waals surface area contributed by atoms with Crippen molar-refractivity contribution in [2.75, 3.05) is 7.11 Å². The van der Waals surface area contributed by atoms with Gasteiger partial charge in [-0.25, -0.2) is 4.79 Å². The van der Waals surface area contributed by atoms with Gasteiger partial charge in [0, 0.05) is 4.90 Å². The summed E-state index contributed by atoms with van der Waals surface area (Å²) in [5.74, 6) is -0.432. The van der Waals surface area contributed by atoms with E-state index in [1.54, 1.807) is 24.3 Å². The summed E-state index contributed by atoms with van der Waals surface area (Å²) in [6.07, 6.45) is 0. The highest BCUT2D eigenvalue weighted by atomic mass is 35.5. The minimum Gasteiger partial charge on any atom is -0.465 e. The number of rotatable bonds is 4. The summed E-state index contributed by atoms with van der Waals surface area (Å²) >= 11 is 30.4. The summed E-state index contributed by atoms with van der Waals surface area (Å²) in [7, 11) is 3.83. The number of esters is 1. The lowest BCUT2D eigenvalue weighted by atomic mass is 10.2. The maximum absolute atomic E-state index is 11.8. The quantitative estimate of drug-likeness (QED) is 0.209. The van der Waals surface area contributed by atoms with Crippen molar-refractivity contribution < 1.29 is 9.53 Å². The van der Waals surface area contributed by atoms with Gasteiger partial charge in [-0.15, -0.1) is 0 Å². The Morgan fingerprint density at radius 1 is 0.870 bits per heavy atom. The van der Waals surface area contributed by atoms with Crippen LogP contribution < -0.4 is 0 Å². The molecule has 0 N–H and O–H groups in total. The third-order valence-corrected chi connectivity index (χ3v) is 7.66. The molecule has 0 amide bonds. The van der Waals surface area contributed by atoms with E-state index < -0.39 is 5.97 Å². The first-order valence-electron chi connectivity index (χ1n) is 5.91. The lowest BCUT2D eigenvalue weighted by molar-refractivity contribution is 0.0597. The highest BCUT2D eigenvalue weighted by Crippen LogP contribution is 2.52. The molecule has 0 saturated carbocycles. The van der Waals surface area contributed by atoms with Gasteiger partial charge in [0.1, 0.15) is 0 Å². The van der Waals surface area contributed by atoms with Crippen LogP contribution in [0.5, 0.6) is 0 Å². The average molecular weight is 449 g/mol. The number of carbonyl (C=O) groups is 1. The van der Waals surface area contributed by atoms with Crippen molar-refractivity contribution in [3.05, 3.63) is 54.9 Å². The van der Waals surface area contributed by atoms with Gasteiger partial charge in [-0.1, -0.05) is 80.9 Å². The first kappa shape index (κ1) is 19.4. The molecule has 0 spiro atoms. The Balaban J connectivity index is 2.35. The number of ether oxygens (including phenoxy) is 1. The van der Waals surface area contributed by atoms with Gasteiger partial charge >= 0.3 is 5.97 Å². The molecule has 2 aromatic rings. The maximum atomic E-state index is 11.8. The Morgan fingerprint density at radius 3 is 1.96 bits per heavy atom. The van der Waals surface area contributed by atoms with Crippen molar-refractivity contribution in [3.63, 3.8) is 0 Å². The lowest BCUT2D eigenvalue weighted by Crippen LogP contribution is -2.02. The van der Waals surface area contributed by atoms with E-state index >= 15 is 0 Å². The average Bonchev–Trinajstić information content (AvgIpc) is 2.57. The van der Waals surface area contributed by atoms with Crippen molar-refractivity contribution in [1.29, 1.82) is 0 Å². The molecular weight excluding hydrogens is 442 g/mol. The zero-order valence-electron chi connectivity index (χ0n) is 11.3. The monoisotopic (exact) mass is 446 g/mol. The first-order chi connectivity index (χ1) is 10.9. The second kappa shape index (κ2) is 8.43. The van der Waals surface area contributed by atoms with Gasteiger partial charge in [-0.05, 0) is 22.9 Å². The Kier molecular flexibility index (Phi) is 7.11. The van der Waals surface area contributed by atoms with E-state index in [0.29, 0.717) is 15.4 Å². The molecule has 0 aliphatic carbocycles. The van der Waals surface area contributed by atoms with Crippen molar-refractivity contribution in [2.45, 2.75) is 9.79 Å². The van der Waals surface area contributed by atoms with Crippen LogP contribution in [0, 0.1) is 0 Å². The van der Waals surface area contributed by atoms with Crippen LogP contribution in [0.4, 0.5) is 0 Å². The van der Waals surface area contributed by atoms with E-state index in [2.05, 4.69) is 0 Å². The molecule has 0 saturated heterocycles. The zero-order valence-corrected chi connectivity index (χ0v) is 16.7. The van der Waals surface area contributed by atoms with Crippen LogP contribution >= 0.6 is 79.6 Å². The van der Waals surface area contributed by atoms with E-state index in [-0.39, 0.29) is 25.1 Å². The Hall–Kier alpha value is 0.0600. The highest BCUT2D eigenvalue weighted by molar-refractivity contribution is 8.76. The summed E-state index contributed by atoms with van der Waals surface area (Å²) in [6, 6.07) is 7.00. The molecule has 2 rings (SSSR count). The predicted octanol–water partition coefficient (Wildman–Crippen LogP) is 7.54. The van der Waals surface area contributed by atoms with Gasteiger partial charge < -0.3 is 4.74 Å². The third-order valence-electron chi connectivity index (χ3n) is 2.68. The molecule has 0 aliphatic heterocycles. The van der Waals surface area contributed by atoms with E-state index in [4.69, 9.17) is 62.7 Å². The topological polar surface area (TPSA) is 26.3 Å². The second-order valence-electron chi connectivity index (χ2n) is 4.05. The van der Waals surface area contributed by atoms with Crippen LogP contribution in [0.3, 0.4) is 0 Å². The molecule has 0 bridgehead atoms. The van der Waals surface area contributed by atoms with Gasteiger partial charge in [-0.3, -0.25) is 0 Å². The molecule has 0 atom stereocenters. The van der Waals surface area contributed by atoms with E-state index in [0.717, 1.165) is 0 Å². The van der Waals surface area contributed by atoms with Crippen LogP contribution in [0.15, 0.2) is 34.1 Å². The van der Waals surface area contributed by atoms with Crippen LogP contribution in [-0.4, -0.2) is 13.1 Å². The van der Waals surface area contributed by atoms with E-state index in [1.165, 1.54) is 28.7 Å². The smallest absolute Gasteiger partial charge is 0.339 e. The van der Waals surface area contributed by atoms with Gasteiger partial charge in [-0.2, -0.15) is 0 Å². The lowest BCUT2D eigenvalue weighted by Gasteiger charge is -2.12. The molecule has 9 heteroatoms. The van der Waals surface area contributed by atoms with E-state index in [9.17, 15) is 4.79 Å². The molecule has 0 heterocycles. The minimum absolute atomic E-state index is 0.104. The largest absolute Gasteiger partial charge is 0.465 e. The molecule has 0 aromatic heterocycles. The number of benzene rings is 2. The third kappa shape index (κ3) is 4.18. The summed E-state index contributed by atoms with van der Waals surface area (Å²) in [6.45, 7) is 0. The fourth-order valence-corrected chi connectivity index (χ4v) is 5.67. The molecule has 122 valence electrons. The predicted molar refractivity (Wildman–Crippen MR) is 101 cm³/mol. The summed E-state index contributed by atoms with van der Waals surface area (Å²) in [5.41, 5.74) is 0.436. The van der Waals surface area contributed by atoms with Crippen LogP contribution in [0.1, 0.15) is 10.4 Å².